The standard InChI is InChI=1S/C27H28N6O4S/c1-4-36-22-11-9-21(10-12-22)33-26(20-7-6-14-28-17-20)31-32-27(33)38-18-25(34)30-29-16-19-8-13-23(37-5-2)24(15-19)35-3/h6-17H,4-5,18H2,1-3H3,(H,30,34)/b29-16-. The molecule has 2 heterocycles. The van der Waals surface area contributed by atoms with Crippen molar-refractivity contribution in [2.75, 3.05) is 26.1 Å². The van der Waals surface area contributed by atoms with Crippen molar-refractivity contribution >= 4 is 23.9 Å². The first kappa shape index (κ1) is 26.7. The Labute approximate surface area is 225 Å². The van der Waals surface area contributed by atoms with Crippen LogP contribution in [0.15, 0.2) is 77.2 Å². The van der Waals surface area contributed by atoms with E-state index in [-0.39, 0.29) is 11.7 Å². The molecular weight excluding hydrogens is 504 g/mol. The second kappa shape index (κ2) is 13.2. The van der Waals surface area contributed by atoms with Gasteiger partial charge in [-0.2, -0.15) is 5.10 Å². The van der Waals surface area contributed by atoms with Crippen LogP contribution in [0.25, 0.3) is 17.1 Å². The fraction of sp³-hybridized carbons (Fsp3) is 0.222. The molecule has 1 N–H and O–H groups in total. The van der Waals surface area contributed by atoms with Gasteiger partial charge in [0.25, 0.3) is 5.91 Å². The number of carbonyl (C=O) groups excluding carboxylic acids is 1. The molecule has 0 unspecified atom stereocenters. The van der Waals surface area contributed by atoms with Crippen molar-refractivity contribution in [3.05, 3.63) is 72.6 Å². The van der Waals surface area contributed by atoms with Crippen molar-refractivity contribution in [3.63, 3.8) is 0 Å². The lowest BCUT2D eigenvalue weighted by Crippen LogP contribution is -2.20. The highest BCUT2D eigenvalue weighted by atomic mass is 32.2. The van der Waals surface area contributed by atoms with Crippen LogP contribution in [0, 0.1) is 0 Å². The van der Waals surface area contributed by atoms with E-state index in [1.807, 2.05) is 60.9 Å². The van der Waals surface area contributed by atoms with Crippen molar-refractivity contribution in [1.82, 2.24) is 25.2 Å². The number of carbonyl (C=O) groups is 1. The van der Waals surface area contributed by atoms with Crippen molar-refractivity contribution in [2.24, 2.45) is 5.10 Å². The maximum absolute atomic E-state index is 12.5. The molecule has 4 aromatic rings. The monoisotopic (exact) mass is 532 g/mol. The smallest absolute Gasteiger partial charge is 0.250 e. The lowest BCUT2D eigenvalue weighted by molar-refractivity contribution is -0.118. The summed E-state index contributed by atoms with van der Waals surface area (Å²) in [6, 6.07) is 16.8. The van der Waals surface area contributed by atoms with Gasteiger partial charge in [-0.3, -0.25) is 14.3 Å². The molecule has 2 aromatic heterocycles. The average Bonchev–Trinajstić information content (AvgIpc) is 3.38. The first-order valence-corrected chi connectivity index (χ1v) is 13.0. The van der Waals surface area contributed by atoms with E-state index in [0.29, 0.717) is 35.7 Å². The van der Waals surface area contributed by atoms with Crippen LogP contribution >= 0.6 is 11.8 Å². The number of thioether (sulfide) groups is 1. The molecule has 0 spiro atoms. The summed E-state index contributed by atoms with van der Waals surface area (Å²) in [5, 5.41) is 13.3. The fourth-order valence-corrected chi connectivity index (χ4v) is 4.26. The maximum atomic E-state index is 12.5. The minimum atomic E-state index is -0.284. The third-order valence-electron chi connectivity index (χ3n) is 5.18. The number of aromatic nitrogens is 4. The molecule has 0 fully saturated rings. The van der Waals surface area contributed by atoms with Crippen LogP contribution in [0.3, 0.4) is 0 Å². The maximum Gasteiger partial charge on any atom is 0.250 e. The number of methoxy groups -OCH3 is 1. The van der Waals surface area contributed by atoms with E-state index in [1.165, 1.54) is 11.8 Å². The molecule has 196 valence electrons. The second-order valence-electron chi connectivity index (χ2n) is 7.74. The van der Waals surface area contributed by atoms with Crippen LogP contribution < -0.4 is 19.6 Å². The quantitative estimate of drug-likeness (QED) is 0.163. The van der Waals surface area contributed by atoms with Crippen LogP contribution in [0.1, 0.15) is 19.4 Å². The molecule has 1 amide bonds. The molecule has 0 saturated carbocycles. The predicted molar refractivity (Wildman–Crippen MR) is 146 cm³/mol. The normalized spacial score (nSPS) is 10.9. The van der Waals surface area contributed by atoms with Gasteiger partial charge in [0, 0.05) is 23.6 Å². The van der Waals surface area contributed by atoms with Gasteiger partial charge in [-0.25, -0.2) is 5.43 Å². The summed E-state index contributed by atoms with van der Waals surface area (Å²) >= 11 is 1.25. The first-order chi connectivity index (χ1) is 18.6. The lowest BCUT2D eigenvalue weighted by Gasteiger charge is -2.11. The molecular formula is C27H28N6O4S. The van der Waals surface area contributed by atoms with Crippen molar-refractivity contribution in [2.45, 2.75) is 19.0 Å². The highest BCUT2D eigenvalue weighted by Gasteiger charge is 2.17. The highest BCUT2D eigenvalue weighted by molar-refractivity contribution is 7.99. The number of hydrogen-bond donors (Lipinski definition) is 1. The minimum Gasteiger partial charge on any atom is -0.494 e. The number of amides is 1. The van der Waals surface area contributed by atoms with Gasteiger partial charge in [-0.05, 0) is 74.0 Å². The predicted octanol–water partition coefficient (Wildman–Crippen LogP) is 4.38. The molecule has 0 aliphatic rings. The molecule has 0 saturated heterocycles. The lowest BCUT2D eigenvalue weighted by atomic mass is 10.2. The SMILES string of the molecule is CCOc1ccc(-n2c(SCC(=O)N/N=C\c3ccc(OCC)c(OC)c3)nnc2-c2cccnc2)cc1. The van der Waals surface area contributed by atoms with E-state index in [1.54, 1.807) is 37.9 Å². The van der Waals surface area contributed by atoms with Crippen LogP contribution in [0.2, 0.25) is 0 Å². The summed E-state index contributed by atoms with van der Waals surface area (Å²) in [5.74, 6) is 2.43. The summed E-state index contributed by atoms with van der Waals surface area (Å²) in [7, 11) is 1.57. The third kappa shape index (κ3) is 6.68. The summed E-state index contributed by atoms with van der Waals surface area (Å²) in [6.07, 6.45) is 4.97. The van der Waals surface area contributed by atoms with Crippen LogP contribution in [0.4, 0.5) is 0 Å². The number of hydrazone groups is 1. The molecule has 0 aliphatic carbocycles. The topological polar surface area (TPSA) is 113 Å². The van der Waals surface area contributed by atoms with E-state index < -0.39 is 0 Å². The number of benzene rings is 2. The summed E-state index contributed by atoms with van der Waals surface area (Å²) in [5.41, 5.74) is 4.95. The summed E-state index contributed by atoms with van der Waals surface area (Å²) in [4.78, 5) is 16.7. The number of rotatable bonds is 12. The van der Waals surface area contributed by atoms with Gasteiger partial charge in [-0.15, -0.1) is 10.2 Å². The minimum absolute atomic E-state index is 0.0894. The largest absolute Gasteiger partial charge is 0.494 e. The van der Waals surface area contributed by atoms with E-state index in [9.17, 15) is 4.79 Å². The van der Waals surface area contributed by atoms with Gasteiger partial charge in [0.1, 0.15) is 5.75 Å². The molecule has 0 bridgehead atoms. The fourth-order valence-electron chi connectivity index (χ4n) is 3.52. The molecule has 11 heteroatoms. The summed E-state index contributed by atoms with van der Waals surface area (Å²) < 4.78 is 18.3. The molecule has 0 aliphatic heterocycles. The van der Waals surface area contributed by atoms with E-state index in [0.717, 1.165) is 22.6 Å². The Morgan fingerprint density at radius 2 is 1.87 bits per heavy atom. The Kier molecular flexibility index (Phi) is 9.30. The number of ether oxygens (including phenoxy) is 3. The number of pyridine rings is 1. The molecule has 2 aromatic carbocycles. The van der Waals surface area contributed by atoms with Gasteiger partial charge >= 0.3 is 0 Å². The Morgan fingerprint density at radius 1 is 1.05 bits per heavy atom. The average molecular weight is 533 g/mol. The zero-order valence-electron chi connectivity index (χ0n) is 21.3. The number of nitrogens with zero attached hydrogens (tertiary/aromatic N) is 5. The Balaban J connectivity index is 1.46. The van der Waals surface area contributed by atoms with E-state index in [4.69, 9.17) is 14.2 Å². The molecule has 0 radical (unpaired) electrons. The Bertz CT molecular complexity index is 1380. The van der Waals surface area contributed by atoms with Gasteiger partial charge in [-0.1, -0.05) is 11.8 Å². The van der Waals surface area contributed by atoms with Crippen molar-refractivity contribution < 1.29 is 19.0 Å². The van der Waals surface area contributed by atoms with E-state index in [2.05, 4.69) is 25.7 Å². The number of hydrogen-bond acceptors (Lipinski definition) is 9. The van der Waals surface area contributed by atoms with Crippen LogP contribution in [0.5, 0.6) is 17.2 Å². The van der Waals surface area contributed by atoms with E-state index >= 15 is 0 Å². The zero-order valence-corrected chi connectivity index (χ0v) is 22.1. The second-order valence-corrected chi connectivity index (χ2v) is 8.68. The van der Waals surface area contributed by atoms with Crippen LogP contribution in [-0.4, -0.2) is 57.9 Å². The third-order valence-corrected chi connectivity index (χ3v) is 6.11. The molecule has 10 nitrogen and oxygen atoms in total. The summed E-state index contributed by atoms with van der Waals surface area (Å²) in [6.45, 7) is 4.96. The molecule has 4 rings (SSSR count). The van der Waals surface area contributed by atoms with Gasteiger partial charge in [0.05, 0.1) is 32.3 Å². The van der Waals surface area contributed by atoms with Crippen molar-refractivity contribution in [1.29, 1.82) is 0 Å². The van der Waals surface area contributed by atoms with Gasteiger partial charge < -0.3 is 14.2 Å². The van der Waals surface area contributed by atoms with Gasteiger partial charge in [0.15, 0.2) is 22.5 Å². The highest BCUT2D eigenvalue weighted by Crippen LogP contribution is 2.29. The number of nitrogens with one attached hydrogen (secondary N) is 1. The molecule has 38 heavy (non-hydrogen) atoms. The van der Waals surface area contributed by atoms with Gasteiger partial charge in [0.2, 0.25) is 0 Å². The Morgan fingerprint density at radius 3 is 2.58 bits per heavy atom. The van der Waals surface area contributed by atoms with Crippen molar-refractivity contribution in [3.8, 4) is 34.3 Å². The Hall–Kier alpha value is -4.38. The molecule has 0 atom stereocenters. The zero-order chi connectivity index (χ0) is 26.7. The van der Waals surface area contributed by atoms with Crippen LogP contribution in [-0.2, 0) is 4.79 Å². The first-order valence-electron chi connectivity index (χ1n) is 12.0.